The molecule has 3 aromatic carbocycles. The van der Waals surface area contributed by atoms with Gasteiger partial charge in [0.2, 0.25) is 0 Å². The highest BCUT2D eigenvalue weighted by atomic mass is 32.2. The molecule has 0 saturated carbocycles. The Kier molecular flexibility index (Phi) is 5.46. The van der Waals surface area contributed by atoms with Crippen molar-refractivity contribution in [2.45, 2.75) is 10.6 Å². The number of halogens is 2. The Morgan fingerprint density at radius 1 is 0.840 bits per heavy atom. The summed E-state index contributed by atoms with van der Waals surface area (Å²) >= 11 is 1.50. The molecule has 0 spiro atoms. The molecular weight excluding hydrogens is 340 g/mol. The van der Waals surface area contributed by atoms with E-state index < -0.39 is 23.2 Å². The fourth-order valence-corrected chi connectivity index (χ4v) is 3.32. The van der Waals surface area contributed by atoms with Crippen LogP contribution in [0.2, 0.25) is 0 Å². The van der Waals surface area contributed by atoms with Crippen LogP contribution >= 0.6 is 11.8 Å². The van der Waals surface area contributed by atoms with E-state index in [-0.39, 0.29) is 0 Å². The third-order valence-corrected chi connectivity index (χ3v) is 4.71. The highest BCUT2D eigenvalue weighted by Gasteiger charge is 2.16. The number of amides is 1. The van der Waals surface area contributed by atoms with Crippen molar-refractivity contribution in [3.63, 3.8) is 0 Å². The van der Waals surface area contributed by atoms with Crippen LogP contribution in [0.3, 0.4) is 0 Å². The molecular formula is C20H15F2NOS. The standard InChI is InChI=1S/C20H15F2NOS/c21-16-10-6-11-17(22)19(16)23-20(24)15-9-4-5-12-18(15)25-13-14-7-2-1-3-8-14/h1-12H,13H2,(H,23,24). The number of benzene rings is 3. The molecule has 126 valence electrons. The maximum absolute atomic E-state index is 13.7. The van der Waals surface area contributed by atoms with Crippen molar-refractivity contribution >= 4 is 23.4 Å². The van der Waals surface area contributed by atoms with Gasteiger partial charge in [-0.15, -0.1) is 11.8 Å². The van der Waals surface area contributed by atoms with Crippen LogP contribution in [0.25, 0.3) is 0 Å². The van der Waals surface area contributed by atoms with E-state index in [9.17, 15) is 13.6 Å². The molecule has 0 radical (unpaired) electrons. The topological polar surface area (TPSA) is 29.1 Å². The third-order valence-electron chi connectivity index (χ3n) is 3.57. The minimum absolute atomic E-state index is 0.381. The highest BCUT2D eigenvalue weighted by molar-refractivity contribution is 7.98. The van der Waals surface area contributed by atoms with Gasteiger partial charge in [-0.05, 0) is 29.8 Å². The molecule has 0 aliphatic heterocycles. The number of para-hydroxylation sites is 1. The zero-order valence-corrected chi connectivity index (χ0v) is 14.0. The molecule has 0 aromatic heterocycles. The van der Waals surface area contributed by atoms with Crippen LogP contribution < -0.4 is 5.32 Å². The largest absolute Gasteiger partial charge is 0.317 e. The Bertz CT molecular complexity index is 864. The average Bonchev–Trinajstić information content (AvgIpc) is 2.64. The highest BCUT2D eigenvalue weighted by Crippen LogP contribution is 2.27. The van der Waals surface area contributed by atoms with Crippen LogP contribution in [0.5, 0.6) is 0 Å². The van der Waals surface area contributed by atoms with E-state index in [4.69, 9.17) is 0 Å². The van der Waals surface area contributed by atoms with Crippen LogP contribution in [-0.2, 0) is 5.75 Å². The van der Waals surface area contributed by atoms with Gasteiger partial charge in [0.05, 0.1) is 5.56 Å². The molecule has 0 bridgehead atoms. The van der Waals surface area contributed by atoms with Crippen molar-refractivity contribution in [2.75, 3.05) is 5.32 Å². The number of thioether (sulfide) groups is 1. The summed E-state index contributed by atoms with van der Waals surface area (Å²) < 4.78 is 27.5. The van der Waals surface area contributed by atoms with E-state index in [1.807, 2.05) is 42.5 Å². The second kappa shape index (κ2) is 7.94. The van der Waals surface area contributed by atoms with Crippen molar-refractivity contribution in [1.29, 1.82) is 0 Å². The van der Waals surface area contributed by atoms with Crippen molar-refractivity contribution in [3.8, 4) is 0 Å². The number of hydrogen-bond donors (Lipinski definition) is 1. The van der Waals surface area contributed by atoms with Gasteiger partial charge in [-0.3, -0.25) is 4.79 Å². The fraction of sp³-hybridized carbons (Fsp3) is 0.0500. The molecule has 0 fully saturated rings. The maximum Gasteiger partial charge on any atom is 0.256 e. The van der Waals surface area contributed by atoms with Crippen molar-refractivity contribution in [1.82, 2.24) is 0 Å². The number of nitrogens with one attached hydrogen (secondary N) is 1. The normalized spacial score (nSPS) is 10.5. The van der Waals surface area contributed by atoms with Gasteiger partial charge in [0.15, 0.2) is 0 Å². The minimum Gasteiger partial charge on any atom is -0.317 e. The molecule has 2 nitrogen and oxygen atoms in total. The van der Waals surface area contributed by atoms with Gasteiger partial charge < -0.3 is 5.32 Å². The summed E-state index contributed by atoms with van der Waals surface area (Å²) in [6.45, 7) is 0. The average molecular weight is 355 g/mol. The monoisotopic (exact) mass is 355 g/mol. The molecule has 1 N–H and O–H groups in total. The van der Waals surface area contributed by atoms with E-state index in [2.05, 4.69) is 5.32 Å². The summed E-state index contributed by atoms with van der Waals surface area (Å²) in [4.78, 5) is 13.2. The Labute approximate surface area is 148 Å². The first-order chi connectivity index (χ1) is 12.1. The summed E-state index contributed by atoms with van der Waals surface area (Å²) in [5, 5.41) is 2.33. The van der Waals surface area contributed by atoms with Crippen LogP contribution in [0, 0.1) is 11.6 Å². The predicted molar refractivity (Wildman–Crippen MR) is 96.8 cm³/mol. The predicted octanol–water partition coefficient (Wildman–Crippen LogP) is 5.51. The number of anilines is 1. The first-order valence-electron chi connectivity index (χ1n) is 7.66. The molecule has 0 aliphatic carbocycles. The molecule has 0 aliphatic rings. The van der Waals surface area contributed by atoms with E-state index >= 15 is 0 Å². The fourth-order valence-electron chi connectivity index (χ4n) is 2.31. The van der Waals surface area contributed by atoms with E-state index in [1.165, 1.54) is 17.8 Å². The smallest absolute Gasteiger partial charge is 0.256 e. The van der Waals surface area contributed by atoms with Gasteiger partial charge in [0.25, 0.3) is 5.91 Å². The molecule has 0 atom stereocenters. The SMILES string of the molecule is O=C(Nc1c(F)cccc1F)c1ccccc1SCc1ccccc1. The van der Waals surface area contributed by atoms with Crippen molar-refractivity contribution < 1.29 is 13.6 Å². The third kappa shape index (κ3) is 4.25. The first kappa shape index (κ1) is 17.2. The minimum atomic E-state index is -0.803. The zero-order valence-electron chi connectivity index (χ0n) is 13.2. The number of hydrogen-bond acceptors (Lipinski definition) is 2. The molecule has 1 amide bonds. The first-order valence-corrected chi connectivity index (χ1v) is 8.65. The Balaban J connectivity index is 1.79. The molecule has 5 heteroatoms. The second-order valence-corrected chi connectivity index (χ2v) is 6.34. The van der Waals surface area contributed by atoms with Gasteiger partial charge in [0.1, 0.15) is 17.3 Å². The Morgan fingerprint density at radius 3 is 2.20 bits per heavy atom. The van der Waals surface area contributed by atoms with Crippen LogP contribution in [0.1, 0.15) is 15.9 Å². The molecule has 0 saturated heterocycles. The molecule has 3 rings (SSSR count). The number of rotatable bonds is 5. The van der Waals surface area contributed by atoms with Gasteiger partial charge >= 0.3 is 0 Å². The van der Waals surface area contributed by atoms with Gasteiger partial charge in [-0.1, -0.05) is 48.5 Å². The molecule has 3 aromatic rings. The number of carbonyl (C=O) groups excluding carboxylic acids is 1. The summed E-state index contributed by atoms with van der Waals surface area (Å²) in [5.74, 6) is -1.45. The van der Waals surface area contributed by atoms with Crippen LogP contribution in [0.15, 0.2) is 77.7 Å². The zero-order chi connectivity index (χ0) is 17.6. The lowest BCUT2D eigenvalue weighted by molar-refractivity contribution is 0.102. The van der Waals surface area contributed by atoms with Gasteiger partial charge in [-0.2, -0.15) is 0 Å². The Hall–Kier alpha value is -2.66. The Morgan fingerprint density at radius 2 is 1.48 bits per heavy atom. The lowest BCUT2D eigenvalue weighted by Crippen LogP contribution is -2.15. The lowest BCUT2D eigenvalue weighted by Gasteiger charge is -2.11. The summed E-state index contributed by atoms with van der Waals surface area (Å²) in [5.41, 5.74) is 1.07. The molecule has 25 heavy (non-hydrogen) atoms. The van der Waals surface area contributed by atoms with Crippen molar-refractivity contribution in [2.24, 2.45) is 0 Å². The molecule has 0 heterocycles. The molecule has 0 unspecified atom stereocenters. The van der Waals surface area contributed by atoms with Gasteiger partial charge in [0, 0.05) is 10.6 Å². The quantitative estimate of drug-likeness (QED) is 0.612. The van der Waals surface area contributed by atoms with E-state index in [1.54, 1.807) is 12.1 Å². The van der Waals surface area contributed by atoms with E-state index in [0.29, 0.717) is 11.3 Å². The maximum atomic E-state index is 13.7. The van der Waals surface area contributed by atoms with Crippen LogP contribution in [-0.4, -0.2) is 5.91 Å². The summed E-state index contributed by atoms with van der Waals surface area (Å²) in [7, 11) is 0. The summed E-state index contributed by atoms with van der Waals surface area (Å²) in [6, 6.07) is 20.3. The van der Waals surface area contributed by atoms with Crippen molar-refractivity contribution in [3.05, 3.63) is 95.6 Å². The van der Waals surface area contributed by atoms with Crippen LogP contribution in [0.4, 0.5) is 14.5 Å². The second-order valence-electron chi connectivity index (χ2n) is 5.32. The van der Waals surface area contributed by atoms with Gasteiger partial charge in [-0.25, -0.2) is 8.78 Å². The lowest BCUT2D eigenvalue weighted by atomic mass is 10.2. The summed E-state index contributed by atoms with van der Waals surface area (Å²) in [6.07, 6.45) is 0. The number of carbonyl (C=O) groups is 1. The van der Waals surface area contributed by atoms with E-state index in [0.717, 1.165) is 22.6 Å².